The Labute approximate surface area is 178 Å². The van der Waals surface area contributed by atoms with Crippen molar-refractivity contribution < 1.29 is 19.0 Å². The summed E-state index contributed by atoms with van der Waals surface area (Å²) in [5, 5.41) is 1.98. The largest absolute Gasteiger partial charge is 0.381 e. The highest BCUT2D eigenvalue weighted by atomic mass is 16.7. The molecular weight excluding hydrogens is 368 g/mol. The molecule has 1 aliphatic carbocycles. The standard InChI is InChI=1S/C23H44N2O4/c1-21(2,3)24-17-23(18-24)13-19(14-23)27-11-7-9-26-10-8-12-28-20-15-25(16-20)29-22(4,5)6/h19-20H,7-18H2,1-6H3. The van der Waals surface area contributed by atoms with Crippen LogP contribution in [-0.4, -0.2) is 85.9 Å². The van der Waals surface area contributed by atoms with Crippen molar-refractivity contribution >= 4 is 0 Å². The molecular formula is C23H44N2O4. The lowest BCUT2D eigenvalue weighted by atomic mass is 9.61. The van der Waals surface area contributed by atoms with Crippen LogP contribution in [0.4, 0.5) is 0 Å². The normalized spacial score (nSPS) is 23.8. The Hall–Kier alpha value is -0.240. The van der Waals surface area contributed by atoms with E-state index in [-0.39, 0.29) is 5.60 Å². The second kappa shape index (κ2) is 9.49. The fraction of sp³-hybridized carbons (Fsp3) is 1.00. The Balaban J connectivity index is 1.06. The maximum absolute atomic E-state index is 6.02. The Morgan fingerprint density at radius 3 is 1.86 bits per heavy atom. The Bertz CT molecular complexity index is 494. The molecule has 0 amide bonds. The molecule has 0 aromatic rings. The van der Waals surface area contributed by atoms with Crippen molar-refractivity contribution in [3.63, 3.8) is 0 Å². The van der Waals surface area contributed by atoms with Crippen LogP contribution in [0.15, 0.2) is 0 Å². The number of nitrogens with zero attached hydrogens (tertiary/aromatic N) is 2. The number of hydroxylamine groups is 2. The second-order valence-corrected chi connectivity index (χ2v) is 11.3. The van der Waals surface area contributed by atoms with Crippen molar-refractivity contribution in [3.05, 3.63) is 0 Å². The molecule has 3 aliphatic rings. The van der Waals surface area contributed by atoms with Crippen LogP contribution in [0.2, 0.25) is 0 Å². The van der Waals surface area contributed by atoms with Crippen molar-refractivity contribution in [2.45, 2.75) is 90.6 Å². The molecule has 2 saturated heterocycles. The van der Waals surface area contributed by atoms with E-state index in [1.54, 1.807) is 0 Å². The van der Waals surface area contributed by atoms with Gasteiger partial charge >= 0.3 is 0 Å². The van der Waals surface area contributed by atoms with Crippen molar-refractivity contribution in [2.24, 2.45) is 5.41 Å². The minimum atomic E-state index is -0.118. The van der Waals surface area contributed by atoms with E-state index in [2.05, 4.69) is 46.4 Å². The van der Waals surface area contributed by atoms with Crippen LogP contribution in [-0.2, 0) is 19.0 Å². The first-order valence-electron chi connectivity index (χ1n) is 11.5. The number of rotatable bonds is 11. The maximum atomic E-state index is 6.02. The molecule has 0 aromatic carbocycles. The van der Waals surface area contributed by atoms with Gasteiger partial charge in [0.05, 0.1) is 30.9 Å². The Morgan fingerprint density at radius 2 is 1.34 bits per heavy atom. The molecule has 6 heteroatoms. The van der Waals surface area contributed by atoms with Gasteiger partial charge in [-0.2, -0.15) is 5.06 Å². The summed E-state index contributed by atoms with van der Waals surface area (Å²) in [5.74, 6) is 0. The lowest BCUT2D eigenvalue weighted by molar-refractivity contribution is -0.291. The van der Waals surface area contributed by atoms with Gasteiger partial charge in [0.15, 0.2) is 0 Å². The molecule has 0 N–H and O–H groups in total. The summed E-state index contributed by atoms with van der Waals surface area (Å²) in [5.41, 5.74) is 0.774. The van der Waals surface area contributed by atoms with Crippen LogP contribution >= 0.6 is 0 Å². The summed E-state index contributed by atoms with van der Waals surface area (Å²) in [4.78, 5) is 8.35. The molecule has 0 unspecified atom stereocenters. The van der Waals surface area contributed by atoms with Crippen LogP contribution in [0.3, 0.4) is 0 Å². The highest BCUT2D eigenvalue weighted by Gasteiger charge is 2.54. The molecule has 0 atom stereocenters. The molecule has 0 radical (unpaired) electrons. The zero-order valence-electron chi connectivity index (χ0n) is 19.7. The average Bonchev–Trinajstić information content (AvgIpc) is 2.47. The number of hydrogen-bond acceptors (Lipinski definition) is 6. The number of likely N-dealkylation sites (tertiary alicyclic amines) is 1. The predicted octanol–water partition coefficient (Wildman–Crippen LogP) is 3.49. The van der Waals surface area contributed by atoms with Gasteiger partial charge in [0.25, 0.3) is 0 Å². The molecule has 1 spiro atoms. The SMILES string of the molecule is CC(C)(C)ON1CC(OCCCOCCCOC2CC3(C2)CN(C(C)(C)C)C3)C1. The quantitative estimate of drug-likeness (QED) is 0.484. The lowest BCUT2D eigenvalue weighted by Crippen LogP contribution is -2.68. The topological polar surface area (TPSA) is 43.4 Å². The van der Waals surface area contributed by atoms with Crippen molar-refractivity contribution in [1.82, 2.24) is 9.96 Å². The summed E-state index contributed by atoms with van der Waals surface area (Å²) < 4.78 is 17.6. The first kappa shape index (κ1) is 23.4. The molecule has 0 bridgehead atoms. The maximum Gasteiger partial charge on any atom is 0.0875 e. The van der Waals surface area contributed by atoms with E-state index < -0.39 is 0 Å². The number of hydrogen-bond donors (Lipinski definition) is 0. The van der Waals surface area contributed by atoms with E-state index in [9.17, 15) is 0 Å². The minimum absolute atomic E-state index is 0.118. The van der Waals surface area contributed by atoms with Crippen LogP contribution in [0.5, 0.6) is 0 Å². The van der Waals surface area contributed by atoms with Crippen molar-refractivity contribution in [2.75, 3.05) is 52.6 Å². The van der Waals surface area contributed by atoms with Gasteiger partial charge < -0.3 is 14.2 Å². The van der Waals surface area contributed by atoms with Crippen molar-refractivity contribution in [1.29, 1.82) is 0 Å². The van der Waals surface area contributed by atoms with Gasteiger partial charge in [-0.15, -0.1) is 0 Å². The first-order valence-corrected chi connectivity index (χ1v) is 11.5. The molecule has 29 heavy (non-hydrogen) atoms. The third-order valence-corrected chi connectivity index (χ3v) is 6.11. The zero-order valence-corrected chi connectivity index (χ0v) is 19.7. The highest BCUT2D eigenvalue weighted by Crippen LogP contribution is 2.51. The van der Waals surface area contributed by atoms with E-state index in [0.29, 0.717) is 23.2 Å². The zero-order chi connectivity index (χ0) is 21.1. The molecule has 3 fully saturated rings. The molecule has 6 nitrogen and oxygen atoms in total. The molecule has 2 aliphatic heterocycles. The third kappa shape index (κ3) is 7.15. The van der Waals surface area contributed by atoms with Gasteiger partial charge in [0, 0.05) is 50.5 Å². The Morgan fingerprint density at radius 1 is 0.793 bits per heavy atom. The summed E-state index contributed by atoms with van der Waals surface area (Å²) >= 11 is 0. The van der Waals surface area contributed by atoms with E-state index in [0.717, 1.165) is 52.4 Å². The van der Waals surface area contributed by atoms with E-state index in [4.69, 9.17) is 19.0 Å². The van der Waals surface area contributed by atoms with E-state index in [1.165, 1.54) is 25.9 Å². The fourth-order valence-electron chi connectivity index (χ4n) is 4.41. The monoisotopic (exact) mass is 412 g/mol. The fourth-order valence-corrected chi connectivity index (χ4v) is 4.41. The highest BCUT2D eigenvalue weighted by molar-refractivity contribution is 5.07. The minimum Gasteiger partial charge on any atom is -0.381 e. The smallest absolute Gasteiger partial charge is 0.0875 e. The van der Waals surface area contributed by atoms with E-state index in [1.807, 2.05) is 5.06 Å². The summed E-state index contributed by atoms with van der Waals surface area (Å²) in [6.45, 7) is 20.5. The third-order valence-electron chi connectivity index (χ3n) is 6.11. The summed E-state index contributed by atoms with van der Waals surface area (Å²) in [6.07, 6.45) is 5.22. The molecule has 2 heterocycles. The van der Waals surface area contributed by atoms with Gasteiger partial charge in [-0.25, -0.2) is 0 Å². The van der Waals surface area contributed by atoms with Gasteiger partial charge in [-0.3, -0.25) is 9.74 Å². The molecule has 3 rings (SSSR count). The van der Waals surface area contributed by atoms with Crippen LogP contribution < -0.4 is 0 Å². The van der Waals surface area contributed by atoms with Crippen LogP contribution in [0, 0.1) is 5.41 Å². The van der Waals surface area contributed by atoms with Gasteiger partial charge in [-0.05, 0) is 67.2 Å². The lowest BCUT2D eigenvalue weighted by Gasteiger charge is -2.62. The molecule has 0 aromatic heterocycles. The van der Waals surface area contributed by atoms with Gasteiger partial charge in [0.2, 0.25) is 0 Å². The number of ether oxygens (including phenoxy) is 3. The van der Waals surface area contributed by atoms with Crippen molar-refractivity contribution in [3.8, 4) is 0 Å². The molecule has 1 saturated carbocycles. The van der Waals surface area contributed by atoms with E-state index >= 15 is 0 Å². The summed E-state index contributed by atoms with van der Waals surface area (Å²) in [6, 6.07) is 0. The first-order chi connectivity index (χ1) is 13.5. The molecule has 170 valence electrons. The summed E-state index contributed by atoms with van der Waals surface area (Å²) in [7, 11) is 0. The second-order valence-electron chi connectivity index (χ2n) is 11.3. The average molecular weight is 413 g/mol. The Kier molecular flexibility index (Phi) is 7.67. The van der Waals surface area contributed by atoms with Gasteiger partial charge in [0.1, 0.15) is 0 Å². The predicted molar refractivity (Wildman–Crippen MR) is 115 cm³/mol. The van der Waals surface area contributed by atoms with Gasteiger partial charge in [-0.1, -0.05) is 0 Å². The van der Waals surface area contributed by atoms with Crippen LogP contribution in [0.25, 0.3) is 0 Å². The van der Waals surface area contributed by atoms with Crippen LogP contribution in [0.1, 0.15) is 67.2 Å².